The molecule has 0 aliphatic carbocycles. The first-order valence-electron chi connectivity index (χ1n) is 10.9. The summed E-state index contributed by atoms with van der Waals surface area (Å²) in [6.45, 7) is 3.91. The number of benzene rings is 2. The lowest BCUT2D eigenvalue weighted by molar-refractivity contribution is -0.120. The van der Waals surface area contributed by atoms with Crippen LogP contribution in [0, 0.1) is 11.7 Å². The molecule has 1 fully saturated rings. The van der Waals surface area contributed by atoms with E-state index in [2.05, 4.69) is 15.2 Å². The number of hydrogen-bond donors (Lipinski definition) is 1. The minimum atomic E-state index is -0.346. The number of hydrogen-bond acceptors (Lipinski definition) is 6. The van der Waals surface area contributed by atoms with Crippen molar-refractivity contribution in [2.75, 3.05) is 29.9 Å². The largest absolute Gasteiger partial charge is 0.462 e. The van der Waals surface area contributed by atoms with Gasteiger partial charge in [-0.3, -0.25) is 4.79 Å². The van der Waals surface area contributed by atoms with Gasteiger partial charge in [0.1, 0.15) is 5.82 Å². The number of aromatic nitrogens is 1. The Morgan fingerprint density at radius 3 is 2.66 bits per heavy atom. The van der Waals surface area contributed by atoms with Crippen LogP contribution in [0.4, 0.5) is 15.2 Å². The van der Waals surface area contributed by atoms with Crippen molar-refractivity contribution in [3.8, 4) is 0 Å². The summed E-state index contributed by atoms with van der Waals surface area (Å²) >= 11 is 1.48. The molecule has 0 bridgehead atoms. The van der Waals surface area contributed by atoms with E-state index in [1.807, 2.05) is 6.92 Å². The van der Waals surface area contributed by atoms with Crippen molar-refractivity contribution in [1.29, 1.82) is 0 Å². The van der Waals surface area contributed by atoms with Gasteiger partial charge in [-0.1, -0.05) is 24.7 Å². The van der Waals surface area contributed by atoms with Crippen LogP contribution in [0.1, 0.15) is 43.0 Å². The lowest BCUT2D eigenvalue weighted by Gasteiger charge is -2.31. The first-order valence-corrected chi connectivity index (χ1v) is 11.7. The van der Waals surface area contributed by atoms with Gasteiger partial charge in [0.05, 0.1) is 22.4 Å². The van der Waals surface area contributed by atoms with Crippen LogP contribution in [0.25, 0.3) is 10.2 Å². The Labute approximate surface area is 190 Å². The number of fused-ring (bicyclic) bond motifs is 1. The Balaban J connectivity index is 1.29. The highest BCUT2D eigenvalue weighted by molar-refractivity contribution is 7.22. The zero-order valence-electron chi connectivity index (χ0n) is 18.0. The average Bonchev–Trinajstić information content (AvgIpc) is 3.23. The van der Waals surface area contributed by atoms with E-state index < -0.39 is 0 Å². The molecule has 3 aromatic rings. The summed E-state index contributed by atoms with van der Waals surface area (Å²) in [4.78, 5) is 31.4. The topological polar surface area (TPSA) is 71.5 Å². The van der Waals surface area contributed by atoms with Gasteiger partial charge in [-0.15, -0.1) is 0 Å². The number of esters is 1. The summed E-state index contributed by atoms with van der Waals surface area (Å²) in [5.41, 5.74) is 1.93. The average molecular weight is 456 g/mol. The first-order chi connectivity index (χ1) is 15.5. The van der Waals surface area contributed by atoms with Crippen LogP contribution >= 0.6 is 11.3 Å². The fraction of sp³-hybridized carbons (Fsp3) is 0.375. The molecule has 8 heteroatoms. The molecule has 1 aromatic heterocycles. The molecule has 6 nitrogen and oxygen atoms in total. The molecule has 1 amide bonds. The smallest absolute Gasteiger partial charge is 0.338 e. The maximum absolute atomic E-state index is 13.4. The standard InChI is InChI=1S/C24H26FN3O3S/c1-2-3-14-31-23(30)17-4-7-19(8-5-17)26-22(29)16-10-12-28(13-11-16)24-27-20-9-6-18(25)15-21(20)32-24/h4-9,15-16H,2-3,10-14H2,1H3,(H,26,29). The van der Waals surface area contributed by atoms with Crippen molar-refractivity contribution >= 4 is 44.2 Å². The maximum Gasteiger partial charge on any atom is 0.338 e. The van der Waals surface area contributed by atoms with E-state index in [-0.39, 0.29) is 23.6 Å². The third kappa shape index (κ3) is 5.24. The van der Waals surface area contributed by atoms with Crippen LogP contribution in [0.2, 0.25) is 0 Å². The molecule has 1 saturated heterocycles. The lowest BCUT2D eigenvalue weighted by atomic mass is 9.96. The Hall–Kier alpha value is -3.00. The van der Waals surface area contributed by atoms with Crippen LogP contribution in [0.5, 0.6) is 0 Å². The van der Waals surface area contributed by atoms with Crippen molar-refractivity contribution in [2.24, 2.45) is 5.92 Å². The maximum atomic E-state index is 13.4. The molecule has 0 radical (unpaired) electrons. The Morgan fingerprint density at radius 1 is 1.19 bits per heavy atom. The Morgan fingerprint density at radius 2 is 1.94 bits per heavy atom. The van der Waals surface area contributed by atoms with Gasteiger partial charge in [0, 0.05) is 24.7 Å². The molecule has 2 aromatic carbocycles. The summed E-state index contributed by atoms with van der Waals surface area (Å²) in [5.74, 6) is -0.711. The SMILES string of the molecule is CCCCOC(=O)c1ccc(NC(=O)C2CCN(c3nc4ccc(F)cc4s3)CC2)cc1. The van der Waals surface area contributed by atoms with Crippen molar-refractivity contribution in [3.05, 3.63) is 53.8 Å². The van der Waals surface area contributed by atoms with Crippen molar-refractivity contribution < 1.29 is 18.7 Å². The predicted molar refractivity (Wildman–Crippen MR) is 125 cm³/mol. The second-order valence-electron chi connectivity index (χ2n) is 7.93. The number of anilines is 2. The van der Waals surface area contributed by atoms with Gasteiger partial charge >= 0.3 is 5.97 Å². The van der Waals surface area contributed by atoms with Gasteiger partial charge in [0.15, 0.2) is 5.13 Å². The highest BCUT2D eigenvalue weighted by atomic mass is 32.1. The van der Waals surface area contributed by atoms with E-state index in [4.69, 9.17) is 4.74 Å². The summed E-state index contributed by atoms with van der Waals surface area (Å²) < 4.78 is 19.5. The van der Waals surface area contributed by atoms with Crippen molar-refractivity contribution in [1.82, 2.24) is 4.98 Å². The van der Waals surface area contributed by atoms with E-state index >= 15 is 0 Å². The minimum absolute atomic E-state index is 0.0192. The monoisotopic (exact) mass is 455 g/mol. The number of carbonyl (C=O) groups is 2. The van der Waals surface area contributed by atoms with E-state index in [1.54, 1.807) is 30.3 Å². The fourth-order valence-corrected chi connectivity index (χ4v) is 4.72. The normalized spacial score (nSPS) is 14.5. The number of nitrogens with zero attached hydrogens (tertiary/aromatic N) is 2. The number of rotatable bonds is 7. The van der Waals surface area contributed by atoms with Gasteiger partial charge in [-0.2, -0.15) is 0 Å². The second kappa shape index (κ2) is 10.1. The second-order valence-corrected chi connectivity index (χ2v) is 8.93. The van der Waals surface area contributed by atoms with E-state index in [1.165, 1.54) is 23.5 Å². The molecule has 0 saturated carbocycles. The summed E-state index contributed by atoms with van der Waals surface area (Å²) in [6, 6.07) is 11.4. The van der Waals surface area contributed by atoms with E-state index in [0.717, 1.165) is 54.1 Å². The lowest BCUT2D eigenvalue weighted by Crippen LogP contribution is -2.38. The molecule has 0 atom stereocenters. The molecule has 1 N–H and O–H groups in total. The zero-order valence-corrected chi connectivity index (χ0v) is 18.8. The fourth-order valence-electron chi connectivity index (χ4n) is 3.68. The molecule has 1 aliphatic heterocycles. The highest BCUT2D eigenvalue weighted by Crippen LogP contribution is 2.32. The predicted octanol–water partition coefficient (Wildman–Crippen LogP) is 5.25. The summed E-state index contributed by atoms with van der Waals surface area (Å²) in [7, 11) is 0. The number of nitrogens with one attached hydrogen (secondary N) is 1. The first kappa shape index (κ1) is 22.2. The van der Waals surface area contributed by atoms with Crippen LogP contribution in [0.15, 0.2) is 42.5 Å². The van der Waals surface area contributed by atoms with Gasteiger partial charge in [-0.05, 0) is 61.7 Å². The Bertz CT molecular complexity index is 1090. The number of halogens is 1. The summed E-state index contributed by atoms with van der Waals surface area (Å²) in [6.07, 6.45) is 3.25. The number of carbonyl (C=O) groups excluding carboxylic acids is 2. The number of piperidine rings is 1. The van der Waals surface area contributed by atoms with Crippen molar-refractivity contribution in [3.63, 3.8) is 0 Å². The number of thiazole rings is 1. The Kier molecular flexibility index (Phi) is 6.99. The number of ether oxygens (including phenoxy) is 1. The van der Waals surface area contributed by atoms with E-state index in [9.17, 15) is 14.0 Å². The van der Waals surface area contributed by atoms with Crippen LogP contribution in [-0.2, 0) is 9.53 Å². The third-order valence-corrected chi connectivity index (χ3v) is 6.67. The molecule has 4 rings (SSSR count). The quantitative estimate of drug-likeness (QED) is 0.389. The molecule has 0 unspecified atom stereocenters. The van der Waals surface area contributed by atoms with Gasteiger partial charge in [0.25, 0.3) is 0 Å². The molecular weight excluding hydrogens is 429 g/mol. The molecule has 2 heterocycles. The highest BCUT2D eigenvalue weighted by Gasteiger charge is 2.26. The van der Waals surface area contributed by atoms with Crippen LogP contribution in [-0.4, -0.2) is 36.6 Å². The minimum Gasteiger partial charge on any atom is -0.462 e. The zero-order chi connectivity index (χ0) is 22.5. The number of amides is 1. The molecule has 168 valence electrons. The molecule has 1 aliphatic rings. The molecule has 0 spiro atoms. The molecule has 32 heavy (non-hydrogen) atoms. The van der Waals surface area contributed by atoms with Gasteiger partial charge in [-0.25, -0.2) is 14.2 Å². The summed E-state index contributed by atoms with van der Waals surface area (Å²) in [5, 5.41) is 3.81. The van der Waals surface area contributed by atoms with Gasteiger partial charge < -0.3 is 15.0 Å². The van der Waals surface area contributed by atoms with E-state index in [0.29, 0.717) is 17.9 Å². The van der Waals surface area contributed by atoms with Crippen molar-refractivity contribution in [2.45, 2.75) is 32.6 Å². The van der Waals surface area contributed by atoms with Gasteiger partial charge in [0.2, 0.25) is 5.91 Å². The van der Waals surface area contributed by atoms with Crippen LogP contribution in [0.3, 0.4) is 0 Å². The third-order valence-electron chi connectivity index (χ3n) is 5.59. The van der Waals surface area contributed by atoms with Crippen LogP contribution < -0.4 is 10.2 Å². The molecular formula is C24H26FN3O3S. The number of unbranched alkanes of at least 4 members (excludes halogenated alkanes) is 1.